The maximum absolute atomic E-state index is 6.66. The van der Waals surface area contributed by atoms with E-state index in [9.17, 15) is 0 Å². The molecule has 0 N–H and O–H groups in total. The molecule has 0 saturated carbocycles. The highest BCUT2D eigenvalue weighted by atomic mass is 16.3. The van der Waals surface area contributed by atoms with Gasteiger partial charge in [-0.05, 0) is 63.0 Å². The van der Waals surface area contributed by atoms with Gasteiger partial charge in [0.15, 0.2) is 17.5 Å². The highest BCUT2D eigenvalue weighted by molar-refractivity contribution is 6.22. The van der Waals surface area contributed by atoms with E-state index >= 15 is 0 Å². The fourth-order valence-corrected chi connectivity index (χ4v) is 7.39. The molecule has 0 radical (unpaired) electrons. The fraction of sp³-hybridized carbons (Fsp3) is 0. The van der Waals surface area contributed by atoms with Gasteiger partial charge in [0.2, 0.25) is 0 Å². The van der Waals surface area contributed by atoms with Crippen LogP contribution in [0.2, 0.25) is 0 Å². The number of benzene rings is 8. The van der Waals surface area contributed by atoms with E-state index in [4.69, 9.17) is 19.4 Å². The van der Waals surface area contributed by atoms with Crippen molar-refractivity contribution in [2.24, 2.45) is 0 Å². The Bertz CT molecular complexity index is 2880. The molecule has 0 aliphatic rings. The molecule has 0 aliphatic heterocycles. The fourth-order valence-electron chi connectivity index (χ4n) is 7.39. The van der Waals surface area contributed by atoms with Crippen molar-refractivity contribution in [2.75, 3.05) is 0 Å². The average Bonchev–Trinajstić information content (AvgIpc) is 3.63. The Morgan fingerprint density at radius 3 is 1.42 bits per heavy atom. The van der Waals surface area contributed by atoms with Gasteiger partial charge < -0.3 is 4.42 Å². The second-order valence-corrected chi connectivity index (χ2v) is 13.2. The van der Waals surface area contributed by atoms with Crippen LogP contribution in [-0.4, -0.2) is 15.0 Å². The molecule has 0 aliphatic carbocycles. The Morgan fingerprint density at radius 2 is 0.774 bits per heavy atom. The molecule has 0 saturated heterocycles. The summed E-state index contributed by atoms with van der Waals surface area (Å²) in [5, 5.41) is 4.52. The van der Waals surface area contributed by atoms with Crippen LogP contribution in [0.5, 0.6) is 0 Å². The monoisotopic (exact) mass is 677 g/mol. The van der Waals surface area contributed by atoms with Gasteiger partial charge in [-0.1, -0.05) is 164 Å². The van der Waals surface area contributed by atoms with Crippen molar-refractivity contribution in [2.45, 2.75) is 0 Å². The Kier molecular flexibility index (Phi) is 7.43. The van der Waals surface area contributed by atoms with Gasteiger partial charge in [-0.15, -0.1) is 0 Å². The van der Waals surface area contributed by atoms with Crippen molar-refractivity contribution in [3.8, 4) is 67.5 Å². The highest BCUT2D eigenvalue weighted by Crippen LogP contribution is 2.43. The normalized spacial score (nSPS) is 11.4. The summed E-state index contributed by atoms with van der Waals surface area (Å²) in [6.45, 7) is 0. The third-order valence-electron chi connectivity index (χ3n) is 9.91. The molecule has 2 heterocycles. The lowest BCUT2D eigenvalue weighted by atomic mass is 9.92. The van der Waals surface area contributed by atoms with Gasteiger partial charge in [0.05, 0.1) is 0 Å². The summed E-state index contributed by atoms with van der Waals surface area (Å²) in [6, 6.07) is 65.2. The molecule has 53 heavy (non-hydrogen) atoms. The van der Waals surface area contributed by atoms with Crippen LogP contribution in [0.4, 0.5) is 0 Å². The van der Waals surface area contributed by atoms with Gasteiger partial charge in [0.25, 0.3) is 0 Å². The third-order valence-corrected chi connectivity index (χ3v) is 9.91. The molecular formula is C49H31N3O. The first-order chi connectivity index (χ1) is 26.3. The lowest BCUT2D eigenvalue weighted by Crippen LogP contribution is -2.00. The Balaban J connectivity index is 1.10. The summed E-state index contributed by atoms with van der Waals surface area (Å²) in [6.07, 6.45) is 0. The predicted octanol–water partition coefficient (Wildman–Crippen LogP) is 12.9. The molecule has 0 bridgehead atoms. The van der Waals surface area contributed by atoms with Gasteiger partial charge in [0.1, 0.15) is 11.2 Å². The second-order valence-electron chi connectivity index (χ2n) is 13.2. The van der Waals surface area contributed by atoms with Crippen molar-refractivity contribution in [3.63, 3.8) is 0 Å². The van der Waals surface area contributed by atoms with Gasteiger partial charge in [0, 0.05) is 32.8 Å². The zero-order chi connectivity index (χ0) is 35.1. The average molecular weight is 678 g/mol. The van der Waals surface area contributed by atoms with Crippen LogP contribution in [0.15, 0.2) is 192 Å². The van der Waals surface area contributed by atoms with Crippen LogP contribution in [0.25, 0.3) is 100 Å². The Labute approximate surface area is 306 Å². The van der Waals surface area contributed by atoms with Crippen LogP contribution < -0.4 is 0 Å². The van der Waals surface area contributed by atoms with Crippen LogP contribution in [-0.2, 0) is 0 Å². The smallest absolute Gasteiger partial charge is 0.164 e. The van der Waals surface area contributed by atoms with E-state index in [-0.39, 0.29) is 0 Å². The quantitative estimate of drug-likeness (QED) is 0.176. The summed E-state index contributed by atoms with van der Waals surface area (Å²) in [5.41, 5.74) is 11.4. The number of hydrogen-bond acceptors (Lipinski definition) is 4. The lowest BCUT2D eigenvalue weighted by molar-refractivity contribution is 0.673. The summed E-state index contributed by atoms with van der Waals surface area (Å²) in [4.78, 5) is 14.8. The zero-order valence-electron chi connectivity index (χ0n) is 28.6. The van der Waals surface area contributed by atoms with Crippen LogP contribution >= 0.6 is 0 Å². The zero-order valence-corrected chi connectivity index (χ0v) is 28.6. The number of rotatable bonds is 6. The Morgan fingerprint density at radius 1 is 0.302 bits per heavy atom. The summed E-state index contributed by atoms with van der Waals surface area (Å²) in [7, 11) is 0. The van der Waals surface area contributed by atoms with Crippen molar-refractivity contribution < 1.29 is 4.42 Å². The molecule has 10 rings (SSSR count). The van der Waals surface area contributed by atoms with E-state index in [1.807, 2.05) is 60.7 Å². The van der Waals surface area contributed by atoms with Crippen LogP contribution in [0, 0.1) is 0 Å². The van der Waals surface area contributed by atoms with E-state index in [2.05, 4.69) is 127 Å². The lowest BCUT2D eigenvalue weighted by Gasteiger charge is -2.11. The minimum Gasteiger partial charge on any atom is -0.455 e. The molecule has 0 atom stereocenters. The highest BCUT2D eigenvalue weighted by Gasteiger charge is 2.18. The van der Waals surface area contributed by atoms with Crippen LogP contribution in [0.3, 0.4) is 0 Å². The number of fused-ring (bicyclic) bond motifs is 5. The summed E-state index contributed by atoms with van der Waals surface area (Å²) < 4.78 is 6.66. The summed E-state index contributed by atoms with van der Waals surface area (Å²) in [5.74, 6) is 1.92. The number of aromatic nitrogens is 3. The van der Waals surface area contributed by atoms with Crippen molar-refractivity contribution in [1.82, 2.24) is 15.0 Å². The second kappa shape index (κ2) is 12.9. The molecule has 10 aromatic rings. The van der Waals surface area contributed by atoms with Crippen molar-refractivity contribution in [3.05, 3.63) is 188 Å². The molecule has 2 aromatic heterocycles. The molecule has 0 fully saturated rings. The van der Waals surface area contributed by atoms with Gasteiger partial charge in [-0.25, -0.2) is 15.0 Å². The number of furan rings is 1. The van der Waals surface area contributed by atoms with E-state index in [0.717, 1.165) is 66.3 Å². The molecule has 4 nitrogen and oxygen atoms in total. The SMILES string of the molecule is c1ccc(-c2nc(-c3ccccc3)nc(-c3cccc(-c4cccc(-c5cccc6oc7c8ccccc8c(-c8ccccc8)cc7c56)c4)c3)n2)cc1. The number of hydrogen-bond donors (Lipinski definition) is 0. The largest absolute Gasteiger partial charge is 0.455 e. The standard InChI is InChI=1S/C49H31N3O/c1-4-15-32(16-5-1)42-31-43-45-39(27-14-28-44(45)53-46(43)41-26-11-10-25-40(41)42)37-23-12-21-35(29-37)36-22-13-24-38(30-36)49-51-47(33-17-6-2-7-18-33)50-48(52-49)34-19-8-3-9-20-34/h1-31H. The maximum Gasteiger partial charge on any atom is 0.164 e. The van der Waals surface area contributed by atoms with Gasteiger partial charge in [-0.3, -0.25) is 0 Å². The predicted molar refractivity (Wildman–Crippen MR) is 217 cm³/mol. The van der Waals surface area contributed by atoms with Crippen molar-refractivity contribution in [1.29, 1.82) is 0 Å². The molecule has 8 aromatic carbocycles. The van der Waals surface area contributed by atoms with E-state index in [0.29, 0.717) is 17.5 Å². The van der Waals surface area contributed by atoms with Gasteiger partial charge >= 0.3 is 0 Å². The maximum atomic E-state index is 6.66. The minimum absolute atomic E-state index is 0.631. The molecule has 0 amide bonds. The molecular weight excluding hydrogens is 647 g/mol. The number of nitrogens with zero attached hydrogens (tertiary/aromatic N) is 3. The van der Waals surface area contributed by atoms with E-state index < -0.39 is 0 Å². The van der Waals surface area contributed by atoms with Crippen LogP contribution in [0.1, 0.15) is 0 Å². The first kappa shape index (κ1) is 30.6. The summed E-state index contributed by atoms with van der Waals surface area (Å²) >= 11 is 0. The first-order valence-corrected chi connectivity index (χ1v) is 17.8. The third kappa shape index (κ3) is 5.54. The topological polar surface area (TPSA) is 51.8 Å². The molecule has 248 valence electrons. The van der Waals surface area contributed by atoms with Gasteiger partial charge in [-0.2, -0.15) is 0 Å². The molecule has 0 unspecified atom stereocenters. The first-order valence-electron chi connectivity index (χ1n) is 17.8. The Hall–Kier alpha value is -7.17. The van der Waals surface area contributed by atoms with E-state index in [1.165, 1.54) is 16.5 Å². The van der Waals surface area contributed by atoms with Crippen molar-refractivity contribution >= 4 is 32.7 Å². The van der Waals surface area contributed by atoms with E-state index in [1.54, 1.807) is 0 Å². The molecule has 4 heteroatoms. The minimum atomic E-state index is 0.631. The molecule has 0 spiro atoms.